The normalized spacial score (nSPS) is 14.4. The summed E-state index contributed by atoms with van der Waals surface area (Å²) in [6, 6.07) is 0.335. The number of amides is 1. The van der Waals surface area contributed by atoms with Crippen molar-refractivity contribution >= 4 is 11.9 Å². The molecule has 8 heteroatoms. The predicted octanol–water partition coefficient (Wildman–Crippen LogP) is 1.02. The van der Waals surface area contributed by atoms with Crippen molar-refractivity contribution in [1.29, 1.82) is 0 Å². The lowest BCUT2D eigenvalue weighted by molar-refractivity contribution is -0.115. The second-order valence-electron chi connectivity index (χ2n) is 5.37. The molecule has 8 nitrogen and oxygen atoms in total. The van der Waals surface area contributed by atoms with E-state index in [9.17, 15) is 4.79 Å². The summed E-state index contributed by atoms with van der Waals surface area (Å²) in [4.78, 5) is 12.2. The number of hydrogen-bond donors (Lipinski definition) is 1. The van der Waals surface area contributed by atoms with Gasteiger partial charge < -0.3 is 0 Å². The third-order valence-electron chi connectivity index (χ3n) is 3.81. The van der Waals surface area contributed by atoms with Crippen LogP contribution in [-0.4, -0.2) is 35.9 Å². The topological polar surface area (TPSA) is 90.5 Å². The molecular formula is C13H19N7O. The lowest BCUT2D eigenvalue weighted by Gasteiger charge is -2.06. The quantitative estimate of drug-likeness (QED) is 0.887. The fraction of sp³-hybridized carbons (Fsp3) is 0.615. The number of aromatic nitrogens is 6. The van der Waals surface area contributed by atoms with Crippen molar-refractivity contribution in [1.82, 2.24) is 30.0 Å². The number of nitrogens with zero attached hydrogens (tertiary/aromatic N) is 6. The summed E-state index contributed by atoms with van der Waals surface area (Å²) in [6.45, 7) is 6.75. The zero-order valence-corrected chi connectivity index (χ0v) is 12.5. The van der Waals surface area contributed by atoms with Crippen molar-refractivity contribution in [3.8, 4) is 0 Å². The van der Waals surface area contributed by atoms with E-state index in [1.165, 1.54) is 0 Å². The van der Waals surface area contributed by atoms with Crippen LogP contribution < -0.4 is 5.32 Å². The van der Waals surface area contributed by atoms with E-state index in [2.05, 4.69) is 25.9 Å². The molecule has 0 aromatic carbocycles. The highest BCUT2D eigenvalue weighted by atomic mass is 16.1. The molecule has 1 fully saturated rings. The van der Waals surface area contributed by atoms with Crippen molar-refractivity contribution in [2.45, 2.75) is 52.6 Å². The largest absolute Gasteiger partial charge is 0.293 e. The van der Waals surface area contributed by atoms with E-state index in [4.69, 9.17) is 0 Å². The summed E-state index contributed by atoms with van der Waals surface area (Å²) < 4.78 is 3.60. The minimum Gasteiger partial charge on any atom is -0.293 e. The first-order valence-corrected chi connectivity index (χ1v) is 7.20. The zero-order chi connectivity index (χ0) is 15.0. The second-order valence-corrected chi connectivity index (χ2v) is 5.37. The second kappa shape index (κ2) is 5.27. The highest BCUT2D eigenvalue weighted by molar-refractivity contribution is 5.90. The fourth-order valence-corrected chi connectivity index (χ4v) is 2.47. The smallest absolute Gasteiger partial charge is 0.249 e. The third kappa shape index (κ3) is 2.65. The van der Waals surface area contributed by atoms with E-state index in [-0.39, 0.29) is 12.3 Å². The van der Waals surface area contributed by atoms with Crippen molar-refractivity contribution in [2.75, 3.05) is 5.32 Å². The maximum Gasteiger partial charge on any atom is 0.249 e. The molecule has 2 aromatic heterocycles. The van der Waals surface area contributed by atoms with Crippen LogP contribution in [0.2, 0.25) is 0 Å². The number of carbonyl (C=O) groups excluding carboxylic acids is 1. The van der Waals surface area contributed by atoms with Gasteiger partial charge >= 0.3 is 0 Å². The lowest BCUT2D eigenvalue weighted by atomic mass is 10.1. The van der Waals surface area contributed by atoms with Gasteiger partial charge in [-0.15, -0.1) is 0 Å². The van der Waals surface area contributed by atoms with E-state index in [0.717, 1.165) is 36.3 Å². The van der Waals surface area contributed by atoms with Gasteiger partial charge in [-0.1, -0.05) is 5.10 Å². The molecule has 1 aliphatic rings. The van der Waals surface area contributed by atoms with Crippen molar-refractivity contribution < 1.29 is 4.79 Å². The molecule has 1 amide bonds. The molecule has 112 valence electrons. The van der Waals surface area contributed by atoms with Crippen LogP contribution in [-0.2, 0) is 17.8 Å². The van der Waals surface area contributed by atoms with Gasteiger partial charge in [0.2, 0.25) is 11.9 Å². The average Bonchev–Trinajstić information content (AvgIpc) is 3.15. The van der Waals surface area contributed by atoms with E-state index in [1.54, 1.807) is 4.68 Å². The van der Waals surface area contributed by atoms with Gasteiger partial charge in [0.15, 0.2) is 0 Å². The summed E-state index contributed by atoms with van der Waals surface area (Å²) in [5.74, 6) is 0.314. The Morgan fingerprint density at radius 2 is 2.14 bits per heavy atom. The van der Waals surface area contributed by atoms with E-state index in [1.807, 2.05) is 25.5 Å². The summed E-state index contributed by atoms with van der Waals surface area (Å²) in [5.41, 5.74) is 2.90. The van der Waals surface area contributed by atoms with Gasteiger partial charge in [0.25, 0.3) is 0 Å². The third-order valence-corrected chi connectivity index (χ3v) is 3.81. The minimum atomic E-state index is -0.117. The standard InChI is InChI=1S/C13H19N7O/c1-4-19-9(3)11(8(2)16-19)7-12(21)14-13-15-17-18-20(13)10-5-6-10/h10H,4-7H2,1-3H3,(H,14,15,18,21). The van der Waals surface area contributed by atoms with Crippen LogP contribution in [0.4, 0.5) is 5.95 Å². The van der Waals surface area contributed by atoms with Crippen LogP contribution in [0.5, 0.6) is 0 Å². The number of nitrogens with one attached hydrogen (secondary N) is 1. The first-order chi connectivity index (χ1) is 10.1. The Morgan fingerprint density at radius 3 is 2.76 bits per heavy atom. The molecule has 0 radical (unpaired) electrons. The van der Waals surface area contributed by atoms with E-state index < -0.39 is 0 Å². The Labute approximate surface area is 122 Å². The first kappa shape index (κ1) is 13.7. The average molecular weight is 289 g/mol. The van der Waals surface area contributed by atoms with E-state index in [0.29, 0.717) is 12.0 Å². The van der Waals surface area contributed by atoms with Gasteiger partial charge in [0, 0.05) is 17.8 Å². The molecular weight excluding hydrogens is 270 g/mol. The summed E-state index contributed by atoms with van der Waals surface area (Å²) in [6.07, 6.45) is 2.42. The molecule has 1 saturated carbocycles. The van der Waals surface area contributed by atoms with Crippen LogP contribution in [0.25, 0.3) is 0 Å². The van der Waals surface area contributed by atoms with Gasteiger partial charge in [0.05, 0.1) is 18.2 Å². The SMILES string of the molecule is CCn1nc(C)c(CC(=O)Nc2nnnn2C2CC2)c1C. The van der Waals surface area contributed by atoms with Gasteiger partial charge in [-0.05, 0) is 44.0 Å². The molecule has 2 aromatic rings. The number of hydrogen-bond acceptors (Lipinski definition) is 5. The summed E-state index contributed by atoms with van der Waals surface area (Å²) in [5, 5.41) is 18.6. The Hall–Kier alpha value is -2.25. The highest BCUT2D eigenvalue weighted by Gasteiger charge is 2.28. The lowest BCUT2D eigenvalue weighted by Crippen LogP contribution is -2.18. The van der Waals surface area contributed by atoms with Gasteiger partial charge in [-0.3, -0.25) is 14.8 Å². The van der Waals surface area contributed by atoms with Gasteiger partial charge in [0.1, 0.15) is 0 Å². The molecule has 0 aliphatic heterocycles. The molecule has 0 saturated heterocycles. The summed E-state index contributed by atoms with van der Waals surface area (Å²) >= 11 is 0. The maximum atomic E-state index is 12.2. The van der Waals surface area contributed by atoms with Gasteiger partial charge in [-0.2, -0.15) is 5.10 Å². The van der Waals surface area contributed by atoms with Crippen LogP contribution in [0, 0.1) is 13.8 Å². The van der Waals surface area contributed by atoms with Crippen molar-refractivity contribution in [3.05, 3.63) is 17.0 Å². The van der Waals surface area contributed by atoms with Crippen molar-refractivity contribution in [2.24, 2.45) is 0 Å². The monoisotopic (exact) mass is 289 g/mol. The Bertz CT molecular complexity index is 668. The molecule has 0 spiro atoms. The highest BCUT2D eigenvalue weighted by Crippen LogP contribution is 2.35. The number of rotatable bonds is 5. The van der Waals surface area contributed by atoms with Crippen LogP contribution in [0.1, 0.15) is 42.8 Å². The molecule has 21 heavy (non-hydrogen) atoms. The zero-order valence-electron chi connectivity index (χ0n) is 12.5. The maximum absolute atomic E-state index is 12.2. The Morgan fingerprint density at radius 1 is 1.38 bits per heavy atom. The number of anilines is 1. The van der Waals surface area contributed by atoms with Crippen LogP contribution in [0.3, 0.4) is 0 Å². The molecule has 3 rings (SSSR count). The Balaban J connectivity index is 1.72. The van der Waals surface area contributed by atoms with Crippen LogP contribution >= 0.6 is 0 Å². The number of tetrazole rings is 1. The number of aryl methyl sites for hydroxylation is 2. The van der Waals surface area contributed by atoms with E-state index >= 15 is 0 Å². The predicted molar refractivity (Wildman–Crippen MR) is 75.8 cm³/mol. The molecule has 1 N–H and O–H groups in total. The molecule has 0 atom stereocenters. The minimum absolute atomic E-state index is 0.117. The number of carbonyl (C=O) groups is 1. The van der Waals surface area contributed by atoms with Crippen molar-refractivity contribution in [3.63, 3.8) is 0 Å². The van der Waals surface area contributed by atoms with Crippen LogP contribution in [0.15, 0.2) is 0 Å². The fourth-order valence-electron chi connectivity index (χ4n) is 2.47. The first-order valence-electron chi connectivity index (χ1n) is 7.20. The molecule has 2 heterocycles. The molecule has 0 bridgehead atoms. The molecule has 1 aliphatic carbocycles. The molecule has 0 unspecified atom stereocenters. The Kier molecular flexibility index (Phi) is 3.44. The van der Waals surface area contributed by atoms with Gasteiger partial charge in [-0.25, -0.2) is 4.68 Å². The summed E-state index contributed by atoms with van der Waals surface area (Å²) in [7, 11) is 0.